The van der Waals surface area contributed by atoms with Crippen LogP contribution in [0.15, 0.2) is 48.5 Å². The standard InChI is InChI=1S/C17H16N2O/c1-12-6-8-13(9-7-12)10-18-17-15(11-20)14-4-2-3-5-16(14)19-17/h2-9,11,18-19H,10H2,1H3. The molecule has 3 nitrogen and oxygen atoms in total. The van der Waals surface area contributed by atoms with E-state index in [9.17, 15) is 4.79 Å². The number of H-pyrrole nitrogens is 1. The van der Waals surface area contributed by atoms with E-state index in [1.807, 2.05) is 24.3 Å². The smallest absolute Gasteiger partial charge is 0.154 e. The average molecular weight is 264 g/mol. The molecule has 0 radical (unpaired) electrons. The molecule has 0 fully saturated rings. The van der Waals surface area contributed by atoms with Crippen LogP contribution >= 0.6 is 0 Å². The van der Waals surface area contributed by atoms with Gasteiger partial charge in [-0.25, -0.2) is 0 Å². The maximum Gasteiger partial charge on any atom is 0.154 e. The first-order valence-electron chi connectivity index (χ1n) is 6.63. The number of aryl methyl sites for hydroxylation is 1. The molecule has 0 aliphatic heterocycles. The van der Waals surface area contributed by atoms with Crippen LogP contribution in [0.2, 0.25) is 0 Å². The Morgan fingerprint density at radius 3 is 2.60 bits per heavy atom. The van der Waals surface area contributed by atoms with Crippen molar-refractivity contribution in [3.8, 4) is 0 Å². The molecule has 2 N–H and O–H groups in total. The fourth-order valence-corrected chi connectivity index (χ4v) is 2.32. The molecule has 0 spiro atoms. The fraction of sp³-hybridized carbons (Fsp3) is 0.118. The van der Waals surface area contributed by atoms with Gasteiger partial charge in [0.2, 0.25) is 0 Å². The van der Waals surface area contributed by atoms with E-state index >= 15 is 0 Å². The van der Waals surface area contributed by atoms with Crippen LogP contribution in [0.5, 0.6) is 0 Å². The first-order valence-corrected chi connectivity index (χ1v) is 6.63. The molecular formula is C17H16N2O. The summed E-state index contributed by atoms with van der Waals surface area (Å²) in [6, 6.07) is 16.2. The summed E-state index contributed by atoms with van der Waals surface area (Å²) >= 11 is 0. The molecule has 0 aliphatic carbocycles. The van der Waals surface area contributed by atoms with Crippen molar-refractivity contribution in [2.45, 2.75) is 13.5 Å². The lowest BCUT2D eigenvalue weighted by Gasteiger charge is -2.05. The molecule has 0 atom stereocenters. The zero-order valence-corrected chi connectivity index (χ0v) is 11.3. The summed E-state index contributed by atoms with van der Waals surface area (Å²) < 4.78 is 0. The molecule has 20 heavy (non-hydrogen) atoms. The molecule has 0 unspecified atom stereocenters. The Morgan fingerprint density at radius 2 is 1.85 bits per heavy atom. The van der Waals surface area contributed by atoms with Crippen LogP contribution in [0.4, 0.5) is 5.82 Å². The van der Waals surface area contributed by atoms with E-state index in [1.54, 1.807) is 0 Å². The predicted molar refractivity (Wildman–Crippen MR) is 82.2 cm³/mol. The SMILES string of the molecule is Cc1ccc(CNc2[nH]c3ccccc3c2C=O)cc1. The number of anilines is 1. The van der Waals surface area contributed by atoms with Gasteiger partial charge in [-0.05, 0) is 18.6 Å². The van der Waals surface area contributed by atoms with E-state index in [0.717, 1.165) is 23.0 Å². The van der Waals surface area contributed by atoms with Crippen molar-refractivity contribution in [2.75, 3.05) is 5.32 Å². The van der Waals surface area contributed by atoms with E-state index in [0.29, 0.717) is 12.1 Å². The van der Waals surface area contributed by atoms with Gasteiger partial charge >= 0.3 is 0 Å². The number of aldehydes is 1. The number of nitrogens with one attached hydrogen (secondary N) is 2. The van der Waals surface area contributed by atoms with Crippen molar-refractivity contribution in [1.29, 1.82) is 0 Å². The van der Waals surface area contributed by atoms with Crippen LogP contribution in [-0.4, -0.2) is 11.3 Å². The average Bonchev–Trinajstić information content (AvgIpc) is 2.84. The van der Waals surface area contributed by atoms with Crippen LogP contribution in [0.1, 0.15) is 21.5 Å². The Bertz CT molecular complexity index is 741. The van der Waals surface area contributed by atoms with Gasteiger partial charge in [-0.15, -0.1) is 0 Å². The molecule has 3 rings (SSSR count). The second-order valence-electron chi connectivity index (χ2n) is 4.92. The lowest BCUT2D eigenvalue weighted by atomic mass is 10.1. The van der Waals surface area contributed by atoms with Crippen molar-refractivity contribution in [2.24, 2.45) is 0 Å². The summed E-state index contributed by atoms with van der Waals surface area (Å²) in [5.74, 6) is 0.779. The highest BCUT2D eigenvalue weighted by atomic mass is 16.1. The highest BCUT2D eigenvalue weighted by molar-refractivity contribution is 6.03. The summed E-state index contributed by atoms with van der Waals surface area (Å²) in [5, 5.41) is 4.26. The number of benzene rings is 2. The third-order valence-electron chi connectivity index (χ3n) is 3.45. The second-order valence-corrected chi connectivity index (χ2v) is 4.92. The molecule has 0 bridgehead atoms. The lowest BCUT2D eigenvalue weighted by Crippen LogP contribution is -2.01. The van der Waals surface area contributed by atoms with Gasteiger partial charge in [0.25, 0.3) is 0 Å². The summed E-state index contributed by atoms with van der Waals surface area (Å²) in [7, 11) is 0. The van der Waals surface area contributed by atoms with Crippen LogP contribution < -0.4 is 5.32 Å². The number of carbonyl (C=O) groups excluding carboxylic acids is 1. The summed E-state index contributed by atoms with van der Waals surface area (Å²) in [4.78, 5) is 14.6. The number of rotatable bonds is 4. The molecule has 0 aliphatic rings. The molecule has 1 aromatic heterocycles. The molecule has 3 heteroatoms. The third kappa shape index (κ3) is 2.30. The number of para-hydroxylation sites is 1. The van der Waals surface area contributed by atoms with Crippen molar-refractivity contribution in [3.05, 3.63) is 65.2 Å². The third-order valence-corrected chi connectivity index (χ3v) is 3.45. The van der Waals surface area contributed by atoms with Gasteiger partial charge in [0, 0.05) is 17.4 Å². The topological polar surface area (TPSA) is 44.9 Å². The molecule has 100 valence electrons. The van der Waals surface area contributed by atoms with Gasteiger partial charge in [-0.2, -0.15) is 0 Å². The molecule has 0 saturated heterocycles. The Morgan fingerprint density at radius 1 is 1.10 bits per heavy atom. The van der Waals surface area contributed by atoms with Crippen LogP contribution in [-0.2, 0) is 6.54 Å². The number of hydrogen-bond donors (Lipinski definition) is 2. The predicted octanol–water partition coefficient (Wildman–Crippen LogP) is 3.90. The molecule has 2 aromatic carbocycles. The molecule has 1 heterocycles. The van der Waals surface area contributed by atoms with Crippen molar-refractivity contribution in [3.63, 3.8) is 0 Å². The highest BCUT2D eigenvalue weighted by Crippen LogP contribution is 2.24. The summed E-state index contributed by atoms with van der Waals surface area (Å²) in [5.41, 5.74) is 4.09. The van der Waals surface area contributed by atoms with E-state index in [2.05, 4.69) is 41.5 Å². The maximum absolute atomic E-state index is 11.3. The molecule has 0 saturated carbocycles. The Labute approximate surface area is 117 Å². The van der Waals surface area contributed by atoms with Gasteiger partial charge in [-0.3, -0.25) is 4.79 Å². The van der Waals surface area contributed by atoms with E-state index in [4.69, 9.17) is 0 Å². The lowest BCUT2D eigenvalue weighted by molar-refractivity contribution is 0.112. The summed E-state index contributed by atoms with van der Waals surface area (Å²) in [6.45, 7) is 2.76. The normalized spacial score (nSPS) is 10.7. The largest absolute Gasteiger partial charge is 0.367 e. The minimum Gasteiger partial charge on any atom is -0.367 e. The Hall–Kier alpha value is -2.55. The minimum atomic E-state index is 0.688. The van der Waals surface area contributed by atoms with Crippen molar-refractivity contribution in [1.82, 2.24) is 4.98 Å². The van der Waals surface area contributed by atoms with Gasteiger partial charge < -0.3 is 10.3 Å². The number of fused-ring (bicyclic) bond motifs is 1. The zero-order chi connectivity index (χ0) is 13.9. The number of hydrogen-bond acceptors (Lipinski definition) is 2. The minimum absolute atomic E-state index is 0.688. The summed E-state index contributed by atoms with van der Waals surface area (Å²) in [6.07, 6.45) is 0.899. The van der Waals surface area contributed by atoms with Crippen molar-refractivity contribution < 1.29 is 4.79 Å². The molecule has 3 aromatic rings. The van der Waals surface area contributed by atoms with Gasteiger partial charge in [0.1, 0.15) is 5.82 Å². The van der Waals surface area contributed by atoms with E-state index in [1.165, 1.54) is 11.1 Å². The van der Waals surface area contributed by atoms with Gasteiger partial charge in [-0.1, -0.05) is 48.0 Å². The quantitative estimate of drug-likeness (QED) is 0.702. The Kier molecular flexibility index (Phi) is 3.25. The van der Waals surface area contributed by atoms with Crippen LogP contribution in [0.3, 0.4) is 0 Å². The maximum atomic E-state index is 11.3. The first-order chi connectivity index (χ1) is 9.78. The van der Waals surface area contributed by atoms with Gasteiger partial charge in [0.15, 0.2) is 6.29 Å². The number of carbonyl (C=O) groups is 1. The fourth-order valence-electron chi connectivity index (χ4n) is 2.32. The number of aromatic nitrogens is 1. The van der Waals surface area contributed by atoms with Gasteiger partial charge in [0.05, 0.1) is 5.56 Å². The molecular weight excluding hydrogens is 248 g/mol. The zero-order valence-electron chi connectivity index (χ0n) is 11.3. The van der Waals surface area contributed by atoms with Crippen molar-refractivity contribution >= 4 is 23.0 Å². The second kappa shape index (κ2) is 5.21. The first kappa shape index (κ1) is 12.5. The highest BCUT2D eigenvalue weighted by Gasteiger charge is 2.09. The Balaban J connectivity index is 1.87. The van der Waals surface area contributed by atoms with E-state index in [-0.39, 0.29) is 0 Å². The number of aromatic amines is 1. The monoisotopic (exact) mass is 264 g/mol. The molecule has 0 amide bonds. The van der Waals surface area contributed by atoms with E-state index < -0.39 is 0 Å². The van der Waals surface area contributed by atoms with Crippen LogP contribution in [0.25, 0.3) is 10.9 Å². The van der Waals surface area contributed by atoms with Crippen LogP contribution in [0, 0.1) is 6.92 Å².